The van der Waals surface area contributed by atoms with Gasteiger partial charge < -0.3 is 14.2 Å². The summed E-state index contributed by atoms with van der Waals surface area (Å²) < 4.78 is 8.03. The molecule has 0 bridgehead atoms. The van der Waals surface area contributed by atoms with Crippen LogP contribution >= 0.6 is 0 Å². The average Bonchev–Trinajstić information content (AvgIpc) is 2.90. The molecule has 1 aliphatic heterocycles. The van der Waals surface area contributed by atoms with Crippen LogP contribution in [-0.2, 0) is 17.9 Å². The predicted molar refractivity (Wildman–Crippen MR) is 88.2 cm³/mol. The molecule has 1 aliphatic carbocycles. The number of carbonyl (C=O) groups is 1. The number of nitrogens with zero attached hydrogens (tertiary/aromatic N) is 4. The molecule has 0 unspecified atom stereocenters. The fourth-order valence-electron chi connectivity index (χ4n) is 3.37. The van der Waals surface area contributed by atoms with Gasteiger partial charge in [-0.3, -0.25) is 9.78 Å². The predicted octanol–water partition coefficient (Wildman–Crippen LogP) is 2.12. The van der Waals surface area contributed by atoms with Crippen LogP contribution in [0.3, 0.4) is 0 Å². The van der Waals surface area contributed by atoms with Gasteiger partial charge in [-0.15, -0.1) is 0 Å². The van der Waals surface area contributed by atoms with E-state index in [0.29, 0.717) is 13.2 Å². The molecule has 0 aromatic carbocycles. The first-order chi connectivity index (χ1) is 11.8. The van der Waals surface area contributed by atoms with Crippen molar-refractivity contribution in [1.82, 2.24) is 19.4 Å². The van der Waals surface area contributed by atoms with E-state index in [1.54, 1.807) is 12.4 Å². The maximum absolute atomic E-state index is 12.7. The highest BCUT2D eigenvalue weighted by Gasteiger charge is 2.33. The monoisotopic (exact) mass is 326 g/mol. The number of carbonyl (C=O) groups excluding carboxylic acids is 1. The minimum Gasteiger partial charge on any atom is -0.492 e. The van der Waals surface area contributed by atoms with E-state index in [1.807, 2.05) is 29.4 Å². The molecule has 6 nitrogen and oxygen atoms in total. The van der Waals surface area contributed by atoms with Crippen molar-refractivity contribution in [2.24, 2.45) is 11.8 Å². The summed E-state index contributed by atoms with van der Waals surface area (Å²) in [5.74, 6) is 2.47. The molecule has 0 spiro atoms. The van der Waals surface area contributed by atoms with Crippen LogP contribution in [-0.4, -0.2) is 38.5 Å². The third-order valence-corrected chi connectivity index (χ3v) is 4.95. The van der Waals surface area contributed by atoms with E-state index in [4.69, 9.17) is 4.74 Å². The summed E-state index contributed by atoms with van der Waals surface area (Å²) in [7, 11) is 0. The highest BCUT2D eigenvalue weighted by molar-refractivity contribution is 5.79. The second kappa shape index (κ2) is 6.63. The number of imidazole rings is 1. The van der Waals surface area contributed by atoms with Gasteiger partial charge in [-0.05, 0) is 25.0 Å². The number of aromatic nitrogens is 3. The molecule has 2 aromatic rings. The lowest BCUT2D eigenvalue weighted by molar-refractivity contribution is -0.139. The van der Waals surface area contributed by atoms with Gasteiger partial charge in [0.15, 0.2) is 0 Å². The fraction of sp³-hybridized carbons (Fsp3) is 0.500. The zero-order valence-corrected chi connectivity index (χ0v) is 13.7. The standard InChI is InChI=1S/C18H22N4O2/c23-18(15-3-1-4-15)22-11-14(10-21-8-7-20-17(21)12-22)13-24-16-5-2-6-19-9-16/h2,5-9,14-15H,1,3-4,10-13H2/t14-/m0/s1. The molecule has 24 heavy (non-hydrogen) atoms. The van der Waals surface area contributed by atoms with E-state index in [0.717, 1.165) is 37.5 Å². The Hall–Kier alpha value is -2.37. The Labute approximate surface area is 141 Å². The van der Waals surface area contributed by atoms with Gasteiger partial charge in [-0.25, -0.2) is 4.98 Å². The Kier molecular flexibility index (Phi) is 4.19. The Bertz CT molecular complexity index is 696. The molecule has 126 valence electrons. The van der Waals surface area contributed by atoms with Crippen LogP contribution < -0.4 is 4.74 Å². The summed E-state index contributed by atoms with van der Waals surface area (Å²) in [5, 5.41) is 0. The molecule has 1 saturated carbocycles. The second-order valence-corrected chi connectivity index (χ2v) is 6.71. The van der Waals surface area contributed by atoms with Crippen LogP contribution in [0.4, 0.5) is 0 Å². The van der Waals surface area contributed by atoms with Crippen LogP contribution in [0.1, 0.15) is 25.1 Å². The van der Waals surface area contributed by atoms with Crippen molar-refractivity contribution in [3.05, 3.63) is 42.7 Å². The van der Waals surface area contributed by atoms with Gasteiger partial charge in [0.05, 0.1) is 19.3 Å². The van der Waals surface area contributed by atoms with Gasteiger partial charge >= 0.3 is 0 Å². The molecule has 1 amide bonds. The summed E-state index contributed by atoms with van der Waals surface area (Å²) in [6.07, 6.45) is 10.5. The van der Waals surface area contributed by atoms with Crippen molar-refractivity contribution < 1.29 is 9.53 Å². The number of fused-ring (bicyclic) bond motifs is 1. The Balaban J connectivity index is 1.47. The maximum atomic E-state index is 12.7. The highest BCUT2D eigenvalue weighted by atomic mass is 16.5. The largest absolute Gasteiger partial charge is 0.492 e. The quantitative estimate of drug-likeness (QED) is 0.863. The van der Waals surface area contributed by atoms with E-state index in [1.165, 1.54) is 6.42 Å². The Morgan fingerprint density at radius 2 is 2.21 bits per heavy atom. The molecule has 0 N–H and O–H groups in total. The number of hydrogen-bond acceptors (Lipinski definition) is 4. The van der Waals surface area contributed by atoms with E-state index in [2.05, 4.69) is 14.5 Å². The van der Waals surface area contributed by atoms with Gasteiger partial charge in [-0.1, -0.05) is 6.42 Å². The summed E-state index contributed by atoms with van der Waals surface area (Å²) in [6.45, 7) is 2.71. The lowest BCUT2D eigenvalue weighted by Crippen LogP contribution is -2.41. The summed E-state index contributed by atoms with van der Waals surface area (Å²) in [6, 6.07) is 3.77. The van der Waals surface area contributed by atoms with Crippen LogP contribution in [0, 0.1) is 11.8 Å². The molecule has 3 heterocycles. The molecular weight excluding hydrogens is 304 g/mol. The van der Waals surface area contributed by atoms with Crippen molar-refractivity contribution in [2.75, 3.05) is 13.2 Å². The Morgan fingerprint density at radius 1 is 1.29 bits per heavy atom. The van der Waals surface area contributed by atoms with Crippen LogP contribution in [0.2, 0.25) is 0 Å². The summed E-state index contributed by atoms with van der Waals surface area (Å²) in [4.78, 5) is 23.2. The minimum atomic E-state index is 0.214. The molecular formula is C18H22N4O2. The number of hydrogen-bond donors (Lipinski definition) is 0. The van der Waals surface area contributed by atoms with Crippen molar-refractivity contribution in [1.29, 1.82) is 0 Å². The second-order valence-electron chi connectivity index (χ2n) is 6.71. The van der Waals surface area contributed by atoms with Crippen molar-refractivity contribution in [3.63, 3.8) is 0 Å². The number of rotatable bonds is 4. The van der Waals surface area contributed by atoms with E-state index < -0.39 is 0 Å². The van der Waals surface area contributed by atoms with Crippen molar-refractivity contribution >= 4 is 5.91 Å². The lowest BCUT2D eigenvalue weighted by Gasteiger charge is -2.32. The zero-order chi connectivity index (χ0) is 16.4. The normalized spacial score (nSPS) is 20.8. The van der Waals surface area contributed by atoms with E-state index in [-0.39, 0.29) is 17.7 Å². The molecule has 0 radical (unpaired) electrons. The molecule has 4 rings (SSSR count). The molecule has 1 fully saturated rings. The first kappa shape index (κ1) is 15.2. The summed E-state index contributed by atoms with van der Waals surface area (Å²) >= 11 is 0. The average molecular weight is 326 g/mol. The number of pyridine rings is 1. The minimum absolute atomic E-state index is 0.214. The van der Waals surface area contributed by atoms with Gasteiger partial charge in [0, 0.05) is 43.5 Å². The maximum Gasteiger partial charge on any atom is 0.226 e. The molecule has 1 atom stereocenters. The van der Waals surface area contributed by atoms with Gasteiger partial charge in [0.25, 0.3) is 0 Å². The molecule has 2 aliphatic rings. The molecule has 0 saturated heterocycles. The first-order valence-corrected chi connectivity index (χ1v) is 8.61. The third kappa shape index (κ3) is 3.13. The van der Waals surface area contributed by atoms with Crippen molar-refractivity contribution in [3.8, 4) is 5.75 Å². The van der Waals surface area contributed by atoms with E-state index in [9.17, 15) is 4.79 Å². The lowest BCUT2D eigenvalue weighted by atomic mass is 9.84. The number of amides is 1. The Morgan fingerprint density at radius 3 is 2.96 bits per heavy atom. The van der Waals surface area contributed by atoms with Crippen LogP contribution in [0.25, 0.3) is 0 Å². The smallest absolute Gasteiger partial charge is 0.226 e. The van der Waals surface area contributed by atoms with Crippen molar-refractivity contribution in [2.45, 2.75) is 32.4 Å². The van der Waals surface area contributed by atoms with E-state index >= 15 is 0 Å². The fourth-order valence-corrected chi connectivity index (χ4v) is 3.37. The third-order valence-electron chi connectivity index (χ3n) is 4.95. The zero-order valence-electron chi connectivity index (χ0n) is 13.7. The molecule has 2 aromatic heterocycles. The first-order valence-electron chi connectivity index (χ1n) is 8.61. The highest BCUT2D eigenvalue weighted by Crippen LogP contribution is 2.30. The number of ether oxygens (including phenoxy) is 1. The van der Waals surface area contributed by atoms with Crippen LogP contribution in [0.5, 0.6) is 5.75 Å². The molecule has 6 heteroatoms. The van der Waals surface area contributed by atoms with Gasteiger partial charge in [-0.2, -0.15) is 0 Å². The SMILES string of the molecule is O=C(C1CCC1)N1Cc2nccn2C[C@H](COc2cccnc2)C1. The van der Waals surface area contributed by atoms with Gasteiger partial charge in [0.2, 0.25) is 5.91 Å². The topological polar surface area (TPSA) is 60.2 Å². The van der Waals surface area contributed by atoms with Crippen LogP contribution in [0.15, 0.2) is 36.9 Å². The summed E-state index contributed by atoms with van der Waals surface area (Å²) in [5.41, 5.74) is 0. The van der Waals surface area contributed by atoms with Gasteiger partial charge in [0.1, 0.15) is 11.6 Å².